The molecular weight excluding hydrogens is 294 g/mol. The number of carbonyl (C=O) groups is 2. The van der Waals surface area contributed by atoms with Gasteiger partial charge in [0.05, 0.1) is 23.9 Å². The topological polar surface area (TPSA) is 81.2 Å². The summed E-state index contributed by atoms with van der Waals surface area (Å²) >= 11 is 0. The highest BCUT2D eigenvalue weighted by Gasteiger charge is 2.22. The number of Topliss-reactive ketones (excluding diaryl/α,β-unsaturated/α-hetero) is 1. The summed E-state index contributed by atoms with van der Waals surface area (Å²) in [5.74, 6) is 0.988. The lowest BCUT2D eigenvalue weighted by molar-refractivity contribution is -0.154. The van der Waals surface area contributed by atoms with Crippen molar-refractivity contribution in [3.05, 3.63) is 29.6 Å². The number of aromatic nitrogens is 2. The molecule has 0 radical (unpaired) electrons. The van der Waals surface area contributed by atoms with E-state index in [1.165, 1.54) is 0 Å². The lowest BCUT2D eigenvalue weighted by Gasteiger charge is -2.20. The molecule has 1 aromatic carbocycles. The van der Waals surface area contributed by atoms with Gasteiger partial charge in [0.1, 0.15) is 17.2 Å². The van der Waals surface area contributed by atoms with E-state index in [9.17, 15) is 9.59 Å². The summed E-state index contributed by atoms with van der Waals surface area (Å²) in [7, 11) is 0. The second kappa shape index (κ2) is 5.61. The Morgan fingerprint density at radius 3 is 2.83 bits per heavy atom. The molecule has 0 atom stereocenters. The zero-order valence-electron chi connectivity index (χ0n) is 13.5. The number of rotatable bonds is 3. The van der Waals surface area contributed by atoms with Crippen molar-refractivity contribution in [2.24, 2.45) is 0 Å². The molecule has 0 saturated carbocycles. The highest BCUT2D eigenvalue weighted by atomic mass is 16.6. The molecule has 3 rings (SSSR count). The van der Waals surface area contributed by atoms with Crippen LogP contribution in [-0.2, 0) is 16.0 Å². The number of hydrogen-bond donors (Lipinski definition) is 1. The minimum atomic E-state index is -0.496. The smallest absolute Gasteiger partial charge is 0.306 e. The fourth-order valence-electron chi connectivity index (χ4n) is 2.57. The third kappa shape index (κ3) is 3.31. The summed E-state index contributed by atoms with van der Waals surface area (Å²) in [5.41, 5.74) is 0.867. The normalized spacial score (nSPS) is 13.8. The molecule has 6 nitrogen and oxygen atoms in total. The average molecular weight is 313 g/mol. The molecule has 0 saturated heterocycles. The first-order valence-corrected chi connectivity index (χ1v) is 7.62. The molecule has 1 aliphatic heterocycles. The summed E-state index contributed by atoms with van der Waals surface area (Å²) < 4.78 is 5.29. The number of carbonyl (C=O) groups excluding carboxylic acids is 2. The van der Waals surface area contributed by atoms with Crippen LogP contribution in [0.1, 0.15) is 43.4 Å². The molecule has 120 valence electrons. The van der Waals surface area contributed by atoms with Crippen molar-refractivity contribution < 1.29 is 14.3 Å². The maximum atomic E-state index is 11.9. The Morgan fingerprint density at radius 1 is 1.30 bits per heavy atom. The number of ketones is 1. The van der Waals surface area contributed by atoms with Crippen LogP contribution in [0.15, 0.2) is 18.2 Å². The fraction of sp³-hybridized carbons (Fsp3) is 0.412. The second-order valence-corrected chi connectivity index (χ2v) is 6.55. The molecule has 0 bridgehead atoms. The van der Waals surface area contributed by atoms with Gasteiger partial charge in [-0.2, -0.15) is 0 Å². The molecule has 0 spiro atoms. The van der Waals surface area contributed by atoms with Crippen molar-refractivity contribution in [1.29, 1.82) is 0 Å². The van der Waals surface area contributed by atoms with Gasteiger partial charge in [-0.1, -0.05) is 12.1 Å². The first-order chi connectivity index (χ1) is 10.8. The molecule has 2 aromatic rings. The lowest BCUT2D eigenvalue weighted by atomic mass is 10.0. The van der Waals surface area contributed by atoms with Gasteiger partial charge in [0.25, 0.3) is 0 Å². The molecular formula is C17H19N3O3. The zero-order valence-corrected chi connectivity index (χ0v) is 13.5. The largest absolute Gasteiger partial charge is 0.460 e. The van der Waals surface area contributed by atoms with E-state index in [1.54, 1.807) is 6.07 Å². The van der Waals surface area contributed by atoms with Crippen molar-refractivity contribution >= 4 is 28.5 Å². The van der Waals surface area contributed by atoms with E-state index in [0.29, 0.717) is 29.1 Å². The Bertz CT molecular complexity index is 794. The SMILES string of the molecule is CC(C)(C)OC(=O)CCc1nc2c3c(cccc3n1)C(=O)CN2. The number of ether oxygens (including phenoxy) is 1. The summed E-state index contributed by atoms with van der Waals surface area (Å²) in [6.07, 6.45) is 0.624. The summed E-state index contributed by atoms with van der Waals surface area (Å²) in [6.45, 7) is 5.74. The van der Waals surface area contributed by atoms with Crippen LogP contribution in [0.4, 0.5) is 5.82 Å². The van der Waals surface area contributed by atoms with Crippen molar-refractivity contribution in [2.45, 2.75) is 39.2 Å². The monoisotopic (exact) mass is 313 g/mol. The molecule has 0 amide bonds. The molecule has 1 aromatic heterocycles. The van der Waals surface area contributed by atoms with Gasteiger partial charge in [-0.05, 0) is 26.8 Å². The fourth-order valence-corrected chi connectivity index (χ4v) is 2.57. The van der Waals surface area contributed by atoms with Crippen molar-refractivity contribution in [2.75, 3.05) is 11.9 Å². The Labute approximate surface area is 134 Å². The van der Waals surface area contributed by atoms with E-state index >= 15 is 0 Å². The molecule has 0 fully saturated rings. The number of nitrogens with one attached hydrogen (secondary N) is 1. The highest BCUT2D eigenvalue weighted by molar-refractivity contribution is 6.15. The predicted molar refractivity (Wildman–Crippen MR) is 86.5 cm³/mol. The van der Waals surface area contributed by atoms with E-state index in [4.69, 9.17) is 4.74 Å². The maximum absolute atomic E-state index is 11.9. The molecule has 1 aliphatic rings. The van der Waals surface area contributed by atoms with E-state index in [1.807, 2.05) is 32.9 Å². The van der Waals surface area contributed by atoms with Crippen LogP contribution in [0, 0.1) is 0 Å². The summed E-state index contributed by atoms with van der Waals surface area (Å²) in [6, 6.07) is 5.45. The Balaban J connectivity index is 1.84. The maximum Gasteiger partial charge on any atom is 0.306 e. The zero-order chi connectivity index (χ0) is 16.6. The number of anilines is 1. The first kappa shape index (κ1) is 15.4. The van der Waals surface area contributed by atoms with Crippen LogP contribution in [0.3, 0.4) is 0 Å². The Hall–Kier alpha value is -2.50. The minimum Gasteiger partial charge on any atom is -0.460 e. The van der Waals surface area contributed by atoms with Crippen LogP contribution in [0.2, 0.25) is 0 Å². The number of nitrogens with zero attached hydrogens (tertiary/aromatic N) is 2. The van der Waals surface area contributed by atoms with E-state index in [-0.39, 0.29) is 24.7 Å². The standard InChI is InChI=1S/C17H19N3O3/c1-17(2,3)23-14(22)8-7-13-19-11-6-4-5-10-12(21)9-18-16(20-13)15(10)11/h4-6H,7-9H2,1-3H3,(H,18,19,20). The first-order valence-electron chi connectivity index (χ1n) is 7.62. The number of aryl methyl sites for hydroxylation is 1. The molecule has 1 N–H and O–H groups in total. The lowest BCUT2D eigenvalue weighted by Crippen LogP contribution is -2.24. The van der Waals surface area contributed by atoms with Crippen molar-refractivity contribution in [3.63, 3.8) is 0 Å². The summed E-state index contributed by atoms with van der Waals surface area (Å²) in [4.78, 5) is 32.7. The Kier molecular flexibility index (Phi) is 3.75. The number of hydrogen-bond acceptors (Lipinski definition) is 6. The average Bonchev–Trinajstić information content (AvgIpc) is 2.47. The second-order valence-electron chi connectivity index (χ2n) is 6.55. The van der Waals surface area contributed by atoms with Crippen LogP contribution >= 0.6 is 0 Å². The van der Waals surface area contributed by atoms with Gasteiger partial charge in [0.2, 0.25) is 0 Å². The quantitative estimate of drug-likeness (QED) is 0.877. The molecule has 23 heavy (non-hydrogen) atoms. The summed E-state index contributed by atoms with van der Waals surface area (Å²) in [5, 5.41) is 3.78. The minimum absolute atomic E-state index is 0.0354. The molecule has 6 heteroatoms. The van der Waals surface area contributed by atoms with Gasteiger partial charge in [0.15, 0.2) is 5.78 Å². The van der Waals surface area contributed by atoms with E-state index in [2.05, 4.69) is 15.3 Å². The number of esters is 1. The van der Waals surface area contributed by atoms with Gasteiger partial charge in [-0.15, -0.1) is 0 Å². The van der Waals surface area contributed by atoms with Gasteiger partial charge >= 0.3 is 5.97 Å². The third-order valence-electron chi connectivity index (χ3n) is 3.46. The van der Waals surface area contributed by atoms with Crippen LogP contribution in [0.25, 0.3) is 10.9 Å². The third-order valence-corrected chi connectivity index (χ3v) is 3.46. The van der Waals surface area contributed by atoms with E-state index in [0.717, 1.165) is 5.39 Å². The van der Waals surface area contributed by atoms with E-state index < -0.39 is 5.60 Å². The van der Waals surface area contributed by atoms with Crippen LogP contribution < -0.4 is 5.32 Å². The van der Waals surface area contributed by atoms with Crippen molar-refractivity contribution in [1.82, 2.24) is 9.97 Å². The predicted octanol–water partition coefficient (Wildman–Crippen LogP) is 2.51. The van der Waals surface area contributed by atoms with Gasteiger partial charge in [-0.3, -0.25) is 9.59 Å². The Morgan fingerprint density at radius 2 is 2.09 bits per heavy atom. The van der Waals surface area contributed by atoms with Gasteiger partial charge in [-0.25, -0.2) is 9.97 Å². The van der Waals surface area contributed by atoms with Crippen LogP contribution in [0.5, 0.6) is 0 Å². The van der Waals surface area contributed by atoms with Crippen LogP contribution in [-0.4, -0.2) is 33.9 Å². The highest BCUT2D eigenvalue weighted by Crippen LogP contribution is 2.28. The van der Waals surface area contributed by atoms with Gasteiger partial charge < -0.3 is 10.1 Å². The molecule has 0 unspecified atom stereocenters. The number of benzene rings is 1. The molecule has 0 aliphatic carbocycles. The van der Waals surface area contributed by atoms with Gasteiger partial charge in [0, 0.05) is 12.0 Å². The van der Waals surface area contributed by atoms with Crippen molar-refractivity contribution in [3.8, 4) is 0 Å². The molecule has 2 heterocycles.